The first-order chi connectivity index (χ1) is 10.8. The minimum absolute atomic E-state index is 0.0770. The largest absolute Gasteiger partial charge is 0.468 e. The minimum atomic E-state index is -0.870. The minimum Gasteiger partial charge on any atom is -0.468 e. The monoisotopic (exact) mass is 325 g/mol. The molecule has 0 radical (unpaired) electrons. The van der Waals surface area contributed by atoms with E-state index in [1.807, 2.05) is 20.0 Å². The van der Waals surface area contributed by atoms with Crippen LogP contribution in [0.25, 0.3) is 0 Å². The van der Waals surface area contributed by atoms with Gasteiger partial charge in [0.15, 0.2) is 5.78 Å². The molecule has 8 heteroatoms. The van der Waals surface area contributed by atoms with Crippen LogP contribution in [-0.2, 0) is 19.1 Å². The maximum Gasteiger partial charge on any atom is 0.325 e. The number of rotatable bonds is 6. The molecule has 2 aliphatic rings. The molecule has 1 unspecified atom stereocenters. The lowest BCUT2D eigenvalue weighted by Crippen LogP contribution is -2.66. The summed E-state index contributed by atoms with van der Waals surface area (Å²) in [6.45, 7) is 3.19. The van der Waals surface area contributed by atoms with Gasteiger partial charge in [0.25, 0.3) is 0 Å². The zero-order valence-electron chi connectivity index (χ0n) is 13.8. The van der Waals surface area contributed by atoms with Crippen molar-refractivity contribution in [2.24, 2.45) is 5.92 Å². The molecule has 2 rings (SSSR count). The van der Waals surface area contributed by atoms with Crippen LogP contribution in [0.1, 0.15) is 20.3 Å². The maximum atomic E-state index is 12.4. The molecule has 23 heavy (non-hydrogen) atoms. The summed E-state index contributed by atoms with van der Waals surface area (Å²) in [5.74, 6) is -1.62. The number of aliphatic hydroxyl groups excluding tert-OH is 1. The number of hydrogen-bond acceptors (Lipinski definition) is 7. The summed E-state index contributed by atoms with van der Waals surface area (Å²) in [5.41, 5.74) is 3.95. The van der Waals surface area contributed by atoms with Crippen molar-refractivity contribution in [2.75, 3.05) is 20.7 Å². The number of ether oxygens (including phenoxy) is 1. The molecule has 0 aliphatic carbocycles. The van der Waals surface area contributed by atoms with Crippen LogP contribution in [-0.4, -0.2) is 71.6 Å². The van der Waals surface area contributed by atoms with Crippen LogP contribution in [0.3, 0.4) is 0 Å². The highest BCUT2D eigenvalue weighted by Crippen LogP contribution is 2.32. The van der Waals surface area contributed by atoms with Crippen molar-refractivity contribution in [3.05, 3.63) is 11.8 Å². The number of carbonyl (C=O) groups excluding carboxylic acids is 3. The number of aliphatic hydroxyl groups is 1. The zero-order chi connectivity index (χ0) is 17.3. The number of carbonyl (C=O) groups is 3. The topological polar surface area (TPSA) is 99.2 Å². The summed E-state index contributed by atoms with van der Waals surface area (Å²) < 4.78 is 4.57. The standard InChI is InChI=1S/C15H23N3O5/c1-8-5-10(16-17(8)3)12(20)6-11-14(9(2)19)15(22)18(11)7-13(21)23-4/h5,9-11,14,16,19H,6-7H2,1-4H3/t9-,10?,11-,14-/m1/s1. The van der Waals surface area contributed by atoms with Crippen LogP contribution in [0.2, 0.25) is 0 Å². The van der Waals surface area contributed by atoms with Crippen LogP contribution in [0.5, 0.6) is 0 Å². The van der Waals surface area contributed by atoms with Gasteiger partial charge >= 0.3 is 5.97 Å². The zero-order valence-corrected chi connectivity index (χ0v) is 13.8. The second-order valence-electron chi connectivity index (χ2n) is 6.02. The van der Waals surface area contributed by atoms with E-state index in [9.17, 15) is 19.5 Å². The molecular formula is C15H23N3O5. The number of methoxy groups -OCH3 is 1. The predicted molar refractivity (Wildman–Crippen MR) is 80.8 cm³/mol. The van der Waals surface area contributed by atoms with Gasteiger partial charge in [-0.25, -0.2) is 5.43 Å². The summed E-state index contributed by atoms with van der Waals surface area (Å²) in [6.07, 6.45) is 1.02. The van der Waals surface area contributed by atoms with Gasteiger partial charge in [-0.1, -0.05) is 0 Å². The highest BCUT2D eigenvalue weighted by atomic mass is 16.5. The number of likely N-dealkylation sites (tertiary alicyclic amines) is 1. The number of ketones is 1. The van der Waals surface area contributed by atoms with Crippen LogP contribution in [0, 0.1) is 5.92 Å². The first-order valence-corrected chi connectivity index (χ1v) is 7.52. The van der Waals surface area contributed by atoms with Crippen molar-refractivity contribution in [1.29, 1.82) is 0 Å². The molecule has 2 N–H and O–H groups in total. The third-order valence-corrected chi connectivity index (χ3v) is 4.46. The Morgan fingerprint density at radius 2 is 2.13 bits per heavy atom. The van der Waals surface area contributed by atoms with Crippen molar-refractivity contribution in [2.45, 2.75) is 38.5 Å². The van der Waals surface area contributed by atoms with E-state index < -0.39 is 30.1 Å². The van der Waals surface area contributed by atoms with Crippen molar-refractivity contribution in [3.63, 3.8) is 0 Å². The molecule has 0 bridgehead atoms. The van der Waals surface area contributed by atoms with Gasteiger partial charge in [-0.15, -0.1) is 0 Å². The average Bonchev–Trinajstić information content (AvgIpc) is 2.83. The van der Waals surface area contributed by atoms with E-state index >= 15 is 0 Å². The molecule has 1 saturated heterocycles. The number of hydrogen-bond donors (Lipinski definition) is 2. The third-order valence-electron chi connectivity index (χ3n) is 4.46. The lowest BCUT2D eigenvalue weighted by Gasteiger charge is -2.47. The number of nitrogens with zero attached hydrogens (tertiary/aromatic N) is 2. The lowest BCUT2D eigenvalue weighted by atomic mass is 9.79. The highest BCUT2D eigenvalue weighted by Gasteiger charge is 2.51. The molecule has 0 aromatic rings. The number of β-lactam (4-membered cyclic amide) rings is 1. The Kier molecular flexibility index (Phi) is 5.06. The fourth-order valence-corrected chi connectivity index (χ4v) is 2.99. The molecule has 2 aliphatic heterocycles. The Morgan fingerprint density at radius 3 is 2.61 bits per heavy atom. The van der Waals surface area contributed by atoms with Crippen molar-refractivity contribution < 1.29 is 24.2 Å². The van der Waals surface area contributed by atoms with Gasteiger partial charge in [-0.3, -0.25) is 14.4 Å². The van der Waals surface area contributed by atoms with E-state index in [0.717, 1.165) is 5.70 Å². The number of esters is 1. The quantitative estimate of drug-likeness (QED) is 0.480. The maximum absolute atomic E-state index is 12.4. The number of Topliss-reactive ketones (excluding diaryl/α,β-unsaturated/α-hetero) is 1. The molecule has 2 heterocycles. The van der Waals surface area contributed by atoms with E-state index in [0.29, 0.717) is 0 Å². The Labute approximate surface area is 135 Å². The Bertz CT molecular complexity index is 545. The fourth-order valence-electron chi connectivity index (χ4n) is 2.99. The summed E-state index contributed by atoms with van der Waals surface area (Å²) in [5, 5.41) is 11.5. The van der Waals surface area contributed by atoms with Crippen LogP contribution in [0.15, 0.2) is 11.8 Å². The van der Waals surface area contributed by atoms with Gasteiger partial charge in [0, 0.05) is 19.2 Å². The molecule has 0 saturated carbocycles. The van der Waals surface area contributed by atoms with Crippen molar-refractivity contribution in [3.8, 4) is 0 Å². The highest BCUT2D eigenvalue weighted by molar-refractivity contribution is 5.94. The van der Waals surface area contributed by atoms with E-state index in [1.165, 1.54) is 18.9 Å². The second-order valence-corrected chi connectivity index (χ2v) is 6.02. The molecule has 0 spiro atoms. The molecule has 128 valence electrons. The molecule has 4 atom stereocenters. The SMILES string of the molecule is COC(=O)CN1C(=O)[C@H]([C@@H](C)O)[C@H]1CC(=O)C1C=C(C)N(C)N1. The van der Waals surface area contributed by atoms with E-state index in [2.05, 4.69) is 10.2 Å². The van der Waals surface area contributed by atoms with Gasteiger partial charge in [-0.05, 0) is 19.9 Å². The molecular weight excluding hydrogens is 302 g/mol. The molecule has 1 fully saturated rings. The smallest absolute Gasteiger partial charge is 0.325 e. The van der Waals surface area contributed by atoms with E-state index in [-0.39, 0.29) is 24.7 Å². The third kappa shape index (κ3) is 3.37. The lowest BCUT2D eigenvalue weighted by molar-refractivity contribution is -0.171. The molecule has 8 nitrogen and oxygen atoms in total. The second kappa shape index (κ2) is 6.67. The Hall–Kier alpha value is -1.93. The first-order valence-electron chi connectivity index (χ1n) is 7.52. The Balaban J connectivity index is 2.06. The summed E-state index contributed by atoms with van der Waals surface area (Å²) >= 11 is 0. The van der Waals surface area contributed by atoms with Gasteiger partial charge in [0.2, 0.25) is 5.91 Å². The Morgan fingerprint density at radius 1 is 1.48 bits per heavy atom. The van der Waals surface area contributed by atoms with Gasteiger partial charge in [0.05, 0.1) is 25.2 Å². The summed E-state index contributed by atoms with van der Waals surface area (Å²) in [6, 6.07) is -0.944. The van der Waals surface area contributed by atoms with Crippen LogP contribution >= 0.6 is 0 Å². The predicted octanol–water partition coefficient (Wildman–Crippen LogP) is -0.951. The van der Waals surface area contributed by atoms with E-state index in [4.69, 9.17) is 0 Å². The van der Waals surface area contributed by atoms with Gasteiger partial charge in [-0.2, -0.15) is 0 Å². The van der Waals surface area contributed by atoms with Crippen LogP contribution < -0.4 is 5.43 Å². The van der Waals surface area contributed by atoms with Gasteiger partial charge in [0.1, 0.15) is 12.6 Å². The van der Waals surface area contributed by atoms with E-state index in [1.54, 1.807) is 5.01 Å². The van der Waals surface area contributed by atoms with Crippen molar-refractivity contribution in [1.82, 2.24) is 15.3 Å². The summed E-state index contributed by atoms with van der Waals surface area (Å²) in [7, 11) is 3.05. The fraction of sp³-hybridized carbons (Fsp3) is 0.667. The van der Waals surface area contributed by atoms with Crippen LogP contribution in [0.4, 0.5) is 0 Å². The first kappa shape index (κ1) is 17.4. The number of nitrogens with one attached hydrogen (secondary N) is 1. The summed E-state index contributed by atoms with van der Waals surface area (Å²) in [4.78, 5) is 37.2. The number of hydrazine groups is 1. The molecule has 0 aromatic carbocycles. The molecule has 1 amide bonds. The molecule has 0 aromatic heterocycles. The van der Waals surface area contributed by atoms with Gasteiger partial charge < -0.3 is 19.8 Å². The van der Waals surface area contributed by atoms with Crippen molar-refractivity contribution >= 4 is 17.7 Å². The number of allylic oxidation sites excluding steroid dienone is 1. The number of amides is 1. The normalized spacial score (nSPS) is 28.3. The average molecular weight is 325 g/mol.